The van der Waals surface area contributed by atoms with Gasteiger partial charge in [-0.25, -0.2) is 0 Å². The summed E-state index contributed by atoms with van der Waals surface area (Å²) in [5, 5.41) is 12.4. The Hall–Kier alpha value is -3.02. The SMILES string of the molecule is Cc1cccc(CC(=O)OCCCn2nnc(-c3ccccc3)n2)c1. The van der Waals surface area contributed by atoms with E-state index in [1.165, 1.54) is 4.80 Å². The maximum atomic E-state index is 11.9. The summed E-state index contributed by atoms with van der Waals surface area (Å²) in [6.07, 6.45) is 0.936. The molecule has 0 amide bonds. The topological polar surface area (TPSA) is 69.9 Å². The van der Waals surface area contributed by atoms with Crippen molar-refractivity contribution in [3.8, 4) is 11.4 Å². The van der Waals surface area contributed by atoms with Crippen molar-refractivity contribution in [3.63, 3.8) is 0 Å². The fourth-order valence-corrected chi connectivity index (χ4v) is 2.47. The van der Waals surface area contributed by atoms with E-state index in [2.05, 4.69) is 15.4 Å². The molecule has 128 valence electrons. The summed E-state index contributed by atoms with van der Waals surface area (Å²) in [5.41, 5.74) is 3.03. The Kier molecular flexibility index (Phi) is 5.51. The van der Waals surface area contributed by atoms with Crippen LogP contribution in [0.1, 0.15) is 17.5 Å². The van der Waals surface area contributed by atoms with E-state index in [1.54, 1.807) is 0 Å². The second-order valence-electron chi connectivity index (χ2n) is 5.81. The third kappa shape index (κ3) is 4.97. The fourth-order valence-electron chi connectivity index (χ4n) is 2.47. The van der Waals surface area contributed by atoms with Gasteiger partial charge in [0.2, 0.25) is 5.82 Å². The Bertz CT molecular complexity index is 830. The van der Waals surface area contributed by atoms with Crippen molar-refractivity contribution in [2.24, 2.45) is 0 Å². The molecular weight excluding hydrogens is 316 g/mol. The molecule has 3 rings (SSSR count). The first-order valence-electron chi connectivity index (χ1n) is 8.25. The maximum Gasteiger partial charge on any atom is 0.310 e. The molecule has 0 N–H and O–H groups in total. The first-order valence-corrected chi connectivity index (χ1v) is 8.25. The van der Waals surface area contributed by atoms with E-state index in [0.29, 0.717) is 31.8 Å². The Morgan fingerprint density at radius 1 is 1.12 bits per heavy atom. The monoisotopic (exact) mass is 336 g/mol. The summed E-state index contributed by atoms with van der Waals surface area (Å²) in [4.78, 5) is 13.4. The van der Waals surface area contributed by atoms with Crippen molar-refractivity contribution in [2.75, 3.05) is 6.61 Å². The number of aryl methyl sites for hydroxylation is 2. The van der Waals surface area contributed by atoms with Gasteiger partial charge in [-0.1, -0.05) is 60.2 Å². The highest BCUT2D eigenvalue weighted by molar-refractivity contribution is 5.72. The molecule has 0 saturated heterocycles. The quantitative estimate of drug-likeness (QED) is 0.490. The van der Waals surface area contributed by atoms with Gasteiger partial charge in [-0.15, -0.1) is 10.2 Å². The average Bonchev–Trinajstić information content (AvgIpc) is 3.08. The number of ether oxygens (including phenoxy) is 1. The number of hydrogen-bond acceptors (Lipinski definition) is 5. The van der Waals surface area contributed by atoms with Gasteiger partial charge >= 0.3 is 5.97 Å². The first-order chi connectivity index (χ1) is 12.2. The second kappa shape index (κ2) is 8.19. The lowest BCUT2D eigenvalue weighted by atomic mass is 10.1. The Morgan fingerprint density at radius 2 is 1.96 bits per heavy atom. The van der Waals surface area contributed by atoms with Gasteiger partial charge in [0.25, 0.3) is 0 Å². The van der Waals surface area contributed by atoms with E-state index < -0.39 is 0 Å². The molecule has 0 unspecified atom stereocenters. The molecule has 0 aliphatic heterocycles. The molecule has 0 saturated carbocycles. The Labute approximate surface area is 146 Å². The average molecular weight is 336 g/mol. The van der Waals surface area contributed by atoms with Crippen molar-refractivity contribution in [3.05, 3.63) is 65.7 Å². The maximum absolute atomic E-state index is 11.9. The van der Waals surface area contributed by atoms with Crippen molar-refractivity contribution in [2.45, 2.75) is 26.3 Å². The largest absolute Gasteiger partial charge is 0.465 e. The van der Waals surface area contributed by atoms with Crippen LogP contribution in [0.25, 0.3) is 11.4 Å². The van der Waals surface area contributed by atoms with Gasteiger partial charge in [-0.3, -0.25) is 4.79 Å². The molecule has 1 aromatic heterocycles. The summed E-state index contributed by atoms with van der Waals surface area (Å²) >= 11 is 0. The minimum atomic E-state index is -0.220. The summed E-state index contributed by atoms with van der Waals surface area (Å²) in [5.74, 6) is 0.374. The van der Waals surface area contributed by atoms with Crippen LogP contribution in [0.3, 0.4) is 0 Å². The molecule has 0 atom stereocenters. The number of rotatable bonds is 7. The number of hydrogen-bond donors (Lipinski definition) is 0. The Morgan fingerprint density at radius 3 is 2.76 bits per heavy atom. The normalized spacial score (nSPS) is 10.6. The number of benzene rings is 2. The summed E-state index contributed by atoms with van der Waals surface area (Å²) in [7, 11) is 0. The van der Waals surface area contributed by atoms with Gasteiger partial charge in [-0.2, -0.15) is 4.80 Å². The lowest BCUT2D eigenvalue weighted by Gasteiger charge is -2.05. The molecule has 6 heteroatoms. The molecular formula is C19H20N4O2. The van der Waals surface area contributed by atoms with Gasteiger partial charge in [0.1, 0.15) is 0 Å². The number of carbonyl (C=O) groups is 1. The highest BCUT2D eigenvalue weighted by Gasteiger charge is 2.07. The van der Waals surface area contributed by atoms with Gasteiger partial charge in [-0.05, 0) is 17.7 Å². The third-order valence-corrected chi connectivity index (χ3v) is 3.68. The van der Waals surface area contributed by atoms with E-state index in [1.807, 2.05) is 61.5 Å². The Balaban J connectivity index is 1.41. The number of aromatic nitrogens is 4. The van der Waals surface area contributed by atoms with Gasteiger partial charge < -0.3 is 4.74 Å². The molecule has 25 heavy (non-hydrogen) atoms. The number of tetrazole rings is 1. The van der Waals surface area contributed by atoms with Crippen LogP contribution in [-0.2, 0) is 22.5 Å². The van der Waals surface area contributed by atoms with E-state index in [-0.39, 0.29) is 5.97 Å². The van der Waals surface area contributed by atoms with Crippen LogP contribution in [0.4, 0.5) is 0 Å². The summed E-state index contributed by atoms with van der Waals surface area (Å²) < 4.78 is 5.27. The van der Waals surface area contributed by atoms with E-state index in [0.717, 1.165) is 16.7 Å². The van der Waals surface area contributed by atoms with Gasteiger partial charge in [0.05, 0.1) is 19.6 Å². The first kappa shape index (κ1) is 16.8. The van der Waals surface area contributed by atoms with E-state index in [9.17, 15) is 4.79 Å². The molecule has 3 aromatic rings. The minimum absolute atomic E-state index is 0.220. The highest BCUT2D eigenvalue weighted by atomic mass is 16.5. The highest BCUT2D eigenvalue weighted by Crippen LogP contribution is 2.11. The molecule has 2 aromatic carbocycles. The summed E-state index contributed by atoms with van der Waals surface area (Å²) in [6.45, 7) is 2.90. The predicted octanol–water partition coefficient (Wildman–Crippen LogP) is 2.82. The molecule has 0 fully saturated rings. The molecule has 0 spiro atoms. The minimum Gasteiger partial charge on any atom is -0.465 e. The molecule has 0 aliphatic carbocycles. The van der Waals surface area contributed by atoms with Crippen molar-refractivity contribution in [1.29, 1.82) is 0 Å². The molecule has 1 heterocycles. The number of nitrogens with zero attached hydrogens (tertiary/aromatic N) is 4. The smallest absolute Gasteiger partial charge is 0.310 e. The molecule has 0 bridgehead atoms. The number of carbonyl (C=O) groups excluding carboxylic acids is 1. The zero-order chi connectivity index (χ0) is 17.5. The second-order valence-corrected chi connectivity index (χ2v) is 5.81. The fraction of sp³-hybridized carbons (Fsp3) is 0.263. The van der Waals surface area contributed by atoms with Crippen LogP contribution >= 0.6 is 0 Å². The van der Waals surface area contributed by atoms with Crippen molar-refractivity contribution >= 4 is 5.97 Å². The van der Waals surface area contributed by atoms with Crippen LogP contribution in [-0.4, -0.2) is 32.8 Å². The van der Waals surface area contributed by atoms with Crippen LogP contribution in [0.15, 0.2) is 54.6 Å². The standard InChI is InChI=1S/C19H20N4O2/c1-15-7-5-8-16(13-15)14-18(24)25-12-6-11-23-21-19(20-22-23)17-9-3-2-4-10-17/h2-5,7-10,13H,6,11-12,14H2,1H3. The van der Waals surface area contributed by atoms with Crippen molar-refractivity contribution < 1.29 is 9.53 Å². The van der Waals surface area contributed by atoms with E-state index in [4.69, 9.17) is 4.74 Å². The third-order valence-electron chi connectivity index (χ3n) is 3.68. The lowest BCUT2D eigenvalue weighted by Crippen LogP contribution is -2.12. The van der Waals surface area contributed by atoms with Gasteiger partial charge in [0.15, 0.2) is 0 Å². The van der Waals surface area contributed by atoms with Crippen LogP contribution in [0.5, 0.6) is 0 Å². The van der Waals surface area contributed by atoms with Crippen LogP contribution in [0, 0.1) is 6.92 Å². The number of esters is 1. The molecule has 6 nitrogen and oxygen atoms in total. The van der Waals surface area contributed by atoms with Gasteiger partial charge in [0, 0.05) is 12.0 Å². The van der Waals surface area contributed by atoms with E-state index >= 15 is 0 Å². The zero-order valence-corrected chi connectivity index (χ0v) is 14.1. The lowest BCUT2D eigenvalue weighted by molar-refractivity contribution is -0.143. The predicted molar refractivity (Wildman–Crippen MR) is 93.7 cm³/mol. The van der Waals surface area contributed by atoms with Crippen LogP contribution < -0.4 is 0 Å². The van der Waals surface area contributed by atoms with Crippen LogP contribution in [0.2, 0.25) is 0 Å². The molecule has 0 radical (unpaired) electrons. The molecule has 0 aliphatic rings. The van der Waals surface area contributed by atoms with Crippen molar-refractivity contribution in [1.82, 2.24) is 20.2 Å². The summed E-state index contributed by atoms with van der Waals surface area (Å²) in [6, 6.07) is 17.6. The zero-order valence-electron chi connectivity index (χ0n) is 14.1.